The van der Waals surface area contributed by atoms with E-state index in [0.717, 1.165) is 25.7 Å². The van der Waals surface area contributed by atoms with Crippen molar-refractivity contribution in [2.75, 3.05) is 19.6 Å². The molecule has 0 aromatic rings. The van der Waals surface area contributed by atoms with Gasteiger partial charge in [0.25, 0.3) is 0 Å². The summed E-state index contributed by atoms with van der Waals surface area (Å²) >= 11 is 0. The first-order valence-corrected chi connectivity index (χ1v) is 14.9. The van der Waals surface area contributed by atoms with Gasteiger partial charge < -0.3 is 48.5 Å². The maximum atomic E-state index is 14.0. The number of hydrogen-bond acceptors (Lipinski definition) is 8. The number of aliphatic carboxylic acids is 1. The number of likely N-dealkylation sites (tertiary alicyclic amines) is 2. The average molecular weight is 608 g/mol. The molecule has 0 aromatic carbocycles. The molecule has 16 nitrogen and oxygen atoms in total. The van der Waals surface area contributed by atoms with E-state index in [1.165, 1.54) is 4.90 Å². The van der Waals surface area contributed by atoms with Gasteiger partial charge >= 0.3 is 5.97 Å². The number of carboxylic acids is 1. The van der Waals surface area contributed by atoms with Crippen molar-refractivity contribution in [2.24, 2.45) is 33.8 Å². The number of nitrogens with two attached hydrogens (primary N) is 4. The first kappa shape index (κ1) is 33.6. The smallest absolute Gasteiger partial charge is 0.303 e. The first-order valence-electron chi connectivity index (χ1n) is 14.9. The molecule has 2 saturated heterocycles. The summed E-state index contributed by atoms with van der Waals surface area (Å²) in [6, 6.07) is -3.66. The van der Waals surface area contributed by atoms with Crippen molar-refractivity contribution in [3.8, 4) is 0 Å². The Balaban J connectivity index is 1.64. The Bertz CT molecular complexity index is 1100. The van der Waals surface area contributed by atoms with Crippen molar-refractivity contribution >= 4 is 41.5 Å². The highest BCUT2D eigenvalue weighted by molar-refractivity contribution is 5.95. The molecule has 3 rings (SSSR count). The third-order valence-corrected chi connectivity index (χ3v) is 8.50. The number of hydrogen-bond donors (Lipinski definition) is 7. The predicted molar refractivity (Wildman–Crippen MR) is 155 cm³/mol. The molecule has 0 spiro atoms. The van der Waals surface area contributed by atoms with Crippen LogP contribution in [0.4, 0.5) is 0 Å². The molecular weight excluding hydrogens is 562 g/mol. The van der Waals surface area contributed by atoms with Gasteiger partial charge in [-0.3, -0.25) is 33.8 Å². The summed E-state index contributed by atoms with van der Waals surface area (Å²) in [5, 5.41) is 13.7. The first-order chi connectivity index (χ1) is 20.4. The van der Waals surface area contributed by atoms with Gasteiger partial charge in [0.05, 0.1) is 12.6 Å². The quantitative estimate of drug-likeness (QED) is 0.0618. The number of rotatable bonds is 14. The van der Waals surface area contributed by atoms with Gasteiger partial charge in [0, 0.05) is 25.6 Å². The number of fused-ring (bicyclic) bond motifs is 1. The Morgan fingerprint density at radius 1 is 0.953 bits per heavy atom. The molecule has 240 valence electrons. The zero-order valence-electron chi connectivity index (χ0n) is 24.4. The number of nitrogens with one attached hydrogen (secondary N) is 2. The summed E-state index contributed by atoms with van der Waals surface area (Å²) in [5.41, 5.74) is 22.3. The number of carboxylic acid groups (broad SMARTS) is 1. The van der Waals surface area contributed by atoms with E-state index in [9.17, 15) is 28.8 Å². The van der Waals surface area contributed by atoms with Gasteiger partial charge in [0.15, 0.2) is 5.96 Å². The van der Waals surface area contributed by atoms with Crippen molar-refractivity contribution in [2.45, 2.75) is 101 Å². The number of amides is 5. The van der Waals surface area contributed by atoms with E-state index in [1.807, 2.05) is 0 Å². The fourth-order valence-corrected chi connectivity index (χ4v) is 6.41. The summed E-state index contributed by atoms with van der Waals surface area (Å²) < 4.78 is 0. The molecule has 6 atom stereocenters. The molecule has 1 aliphatic carbocycles. The van der Waals surface area contributed by atoms with Gasteiger partial charge in [-0.15, -0.1) is 0 Å². The monoisotopic (exact) mass is 607 g/mol. The lowest BCUT2D eigenvalue weighted by Crippen LogP contribution is -2.57. The molecule has 11 N–H and O–H groups in total. The van der Waals surface area contributed by atoms with E-state index < -0.39 is 54.4 Å². The molecular formula is C27H45N9O7. The Morgan fingerprint density at radius 2 is 1.67 bits per heavy atom. The molecule has 2 aliphatic heterocycles. The summed E-state index contributed by atoms with van der Waals surface area (Å²) in [5.74, 6) is -3.74. The topological polar surface area (TPSA) is 270 Å². The molecule has 3 fully saturated rings. The number of carbonyl (C=O) groups excluding carboxylic acids is 5. The van der Waals surface area contributed by atoms with E-state index in [1.54, 1.807) is 4.90 Å². The number of carbonyl (C=O) groups is 6. The zero-order chi connectivity index (χ0) is 31.7. The van der Waals surface area contributed by atoms with E-state index in [4.69, 9.17) is 28.0 Å². The fourth-order valence-electron chi connectivity index (χ4n) is 6.41. The average Bonchev–Trinajstić information content (AvgIpc) is 3.60. The highest BCUT2D eigenvalue weighted by Crippen LogP contribution is 2.41. The third kappa shape index (κ3) is 9.02. The van der Waals surface area contributed by atoms with Crippen LogP contribution in [0.15, 0.2) is 4.99 Å². The van der Waals surface area contributed by atoms with E-state index in [0.29, 0.717) is 45.2 Å². The molecule has 43 heavy (non-hydrogen) atoms. The normalized spacial score (nSPS) is 24.4. The van der Waals surface area contributed by atoms with Crippen LogP contribution in [0.2, 0.25) is 0 Å². The van der Waals surface area contributed by atoms with E-state index in [2.05, 4.69) is 15.6 Å². The lowest BCUT2D eigenvalue weighted by Gasteiger charge is -2.36. The second kappa shape index (κ2) is 15.5. The molecule has 1 saturated carbocycles. The molecule has 0 bridgehead atoms. The number of aliphatic imine (C=N–C) groups is 1. The molecule has 0 unspecified atom stereocenters. The zero-order valence-corrected chi connectivity index (χ0v) is 24.4. The molecule has 16 heteroatoms. The lowest BCUT2D eigenvalue weighted by molar-refractivity contribution is -0.148. The van der Waals surface area contributed by atoms with Gasteiger partial charge in [-0.25, -0.2) is 0 Å². The summed E-state index contributed by atoms with van der Waals surface area (Å²) in [6.07, 6.45) is 5.46. The van der Waals surface area contributed by atoms with Crippen LogP contribution in [0.5, 0.6) is 0 Å². The largest absolute Gasteiger partial charge is 0.481 e. The van der Waals surface area contributed by atoms with Gasteiger partial charge in [-0.05, 0) is 57.3 Å². The highest BCUT2D eigenvalue weighted by Gasteiger charge is 2.50. The molecule has 0 radical (unpaired) electrons. The van der Waals surface area contributed by atoms with Crippen molar-refractivity contribution in [1.82, 2.24) is 20.4 Å². The van der Waals surface area contributed by atoms with Crippen LogP contribution in [-0.2, 0) is 28.8 Å². The highest BCUT2D eigenvalue weighted by atomic mass is 16.4. The van der Waals surface area contributed by atoms with Gasteiger partial charge in [0.2, 0.25) is 29.5 Å². The van der Waals surface area contributed by atoms with Gasteiger partial charge in [-0.2, -0.15) is 0 Å². The number of primary amides is 1. The maximum absolute atomic E-state index is 14.0. The minimum Gasteiger partial charge on any atom is -0.481 e. The second-order valence-electron chi connectivity index (χ2n) is 11.5. The van der Waals surface area contributed by atoms with Crippen LogP contribution in [0, 0.1) is 5.92 Å². The minimum absolute atomic E-state index is 0.0365. The Labute approximate surface area is 250 Å². The van der Waals surface area contributed by atoms with Crippen LogP contribution in [0.1, 0.15) is 70.6 Å². The summed E-state index contributed by atoms with van der Waals surface area (Å²) in [6.45, 7) is 0.188. The van der Waals surface area contributed by atoms with E-state index in [-0.39, 0.29) is 42.6 Å². The maximum Gasteiger partial charge on any atom is 0.303 e. The summed E-state index contributed by atoms with van der Waals surface area (Å²) in [7, 11) is 0. The molecule has 0 aromatic heterocycles. The second-order valence-corrected chi connectivity index (χ2v) is 11.5. The van der Waals surface area contributed by atoms with Crippen molar-refractivity contribution < 1.29 is 33.9 Å². The van der Waals surface area contributed by atoms with Crippen LogP contribution in [0.25, 0.3) is 0 Å². The molecule has 3 aliphatic rings. The van der Waals surface area contributed by atoms with E-state index >= 15 is 0 Å². The van der Waals surface area contributed by atoms with Crippen LogP contribution < -0.4 is 33.6 Å². The Hall–Kier alpha value is -3.95. The standard InChI is InChI=1S/C27H45N9O7/c28-16(6-3-11-32-27(30)31)25(42)36-18-7-2-1-5-15(18)13-20(36)26(43)35-12-4-8-19(35)24(41)33-14-21(37)34-17(23(29)40)9-10-22(38)39/h15-20H,1-14,28H2,(H2,29,40)(H,33,41)(H,34,37)(H,38,39)(H4,30,31,32)/t15-,16+,17-,18-,19-,20-/m0/s1. The fraction of sp³-hybridized carbons (Fsp3) is 0.741. The minimum atomic E-state index is -1.20. The van der Waals surface area contributed by atoms with Crippen LogP contribution >= 0.6 is 0 Å². The number of guanidine groups is 1. The van der Waals surface area contributed by atoms with Crippen LogP contribution in [-0.4, -0.2) is 106 Å². The van der Waals surface area contributed by atoms with Crippen molar-refractivity contribution in [3.05, 3.63) is 0 Å². The van der Waals surface area contributed by atoms with Crippen LogP contribution in [0.3, 0.4) is 0 Å². The SMILES string of the molecule is NC(=O)[C@H](CCC(=O)O)NC(=O)CNC(=O)[C@@H]1CCCN1C(=O)[C@@H]1C[C@@H]2CCCC[C@@H]2N1C(=O)[C@H](N)CCCN=C(N)N. The molecule has 2 heterocycles. The lowest BCUT2D eigenvalue weighted by atomic mass is 9.84. The summed E-state index contributed by atoms with van der Waals surface area (Å²) in [4.78, 5) is 82.5. The van der Waals surface area contributed by atoms with Crippen molar-refractivity contribution in [3.63, 3.8) is 0 Å². The van der Waals surface area contributed by atoms with Gasteiger partial charge in [-0.1, -0.05) is 12.8 Å². The Morgan fingerprint density at radius 3 is 2.35 bits per heavy atom. The third-order valence-electron chi connectivity index (χ3n) is 8.50. The Kier molecular flexibility index (Phi) is 12.1. The van der Waals surface area contributed by atoms with Crippen molar-refractivity contribution in [1.29, 1.82) is 0 Å². The van der Waals surface area contributed by atoms with Gasteiger partial charge in [0.1, 0.15) is 18.1 Å². The molecule has 5 amide bonds. The number of nitrogens with zero attached hydrogens (tertiary/aromatic N) is 3. The predicted octanol–water partition coefficient (Wildman–Crippen LogP) is -2.53.